The average molecular weight is 305 g/mol. The van der Waals surface area contributed by atoms with Gasteiger partial charge < -0.3 is 9.84 Å². The molecule has 0 atom stereocenters. The Hall–Kier alpha value is -1.81. The fraction of sp³-hybridized carbons (Fsp3) is 0.375. The molecule has 21 heavy (non-hydrogen) atoms. The second-order valence-electron chi connectivity index (χ2n) is 5.60. The molecule has 4 nitrogen and oxygen atoms in total. The molecule has 1 amide bonds. The van der Waals surface area contributed by atoms with Crippen molar-refractivity contribution < 1.29 is 9.32 Å². The lowest BCUT2D eigenvalue weighted by Gasteiger charge is -2.40. The quantitative estimate of drug-likeness (QED) is 0.932. The Bertz CT molecular complexity index is 653. The van der Waals surface area contributed by atoms with E-state index in [4.69, 9.17) is 16.1 Å². The highest BCUT2D eigenvalue weighted by Crippen LogP contribution is 2.45. The van der Waals surface area contributed by atoms with Crippen molar-refractivity contribution in [1.29, 1.82) is 0 Å². The Kier molecular flexibility index (Phi) is 3.49. The number of halogens is 1. The van der Waals surface area contributed by atoms with Crippen molar-refractivity contribution in [2.24, 2.45) is 0 Å². The van der Waals surface area contributed by atoms with Gasteiger partial charge in [-0.15, -0.1) is 0 Å². The molecule has 1 aromatic carbocycles. The van der Waals surface area contributed by atoms with E-state index < -0.39 is 5.41 Å². The van der Waals surface area contributed by atoms with E-state index in [1.165, 1.54) is 0 Å². The van der Waals surface area contributed by atoms with Gasteiger partial charge in [0, 0.05) is 5.02 Å². The van der Waals surface area contributed by atoms with E-state index in [9.17, 15) is 4.79 Å². The number of nitrogens with one attached hydrogen (secondary N) is 1. The SMILES string of the molecule is Cc1noc(C)c1NC(=O)C1(c2ccc(Cl)cc2)CCC1. The van der Waals surface area contributed by atoms with E-state index >= 15 is 0 Å². The molecule has 2 aromatic rings. The summed E-state index contributed by atoms with van der Waals surface area (Å²) in [5.41, 5.74) is 1.94. The molecular weight excluding hydrogens is 288 g/mol. The molecule has 1 aliphatic rings. The van der Waals surface area contributed by atoms with E-state index in [0.29, 0.717) is 22.2 Å². The standard InChI is InChI=1S/C16H17ClN2O2/c1-10-14(11(2)21-19-10)18-15(20)16(8-3-9-16)12-4-6-13(17)7-5-12/h4-7H,3,8-9H2,1-2H3,(H,18,20). The molecule has 110 valence electrons. The summed E-state index contributed by atoms with van der Waals surface area (Å²) in [5.74, 6) is 0.636. The van der Waals surface area contributed by atoms with Crippen LogP contribution in [0.1, 0.15) is 36.3 Å². The number of hydrogen-bond donors (Lipinski definition) is 1. The van der Waals surface area contributed by atoms with Crippen molar-refractivity contribution in [3.8, 4) is 0 Å². The third kappa shape index (κ3) is 2.33. The number of nitrogens with zero attached hydrogens (tertiary/aromatic N) is 1. The minimum atomic E-state index is -0.458. The van der Waals surface area contributed by atoms with E-state index in [0.717, 1.165) is 24.8 Å². The zero-order chi connectivity index (χ0) is 15.0. The number of rotatable bonds is 3. The number of hydrogen-bond acceptors (Lipinski definition) is 3. The van der Waals surface area contributed by atoms with Crippen molar-refractivity contribution in [1.82, 2.24) is 5.16 Å². The summed E-state index contributed by atoms with van der Waals surface area (Å²) in [6.07, 6.45) is 2.76. The molecular formula is C16H17ClN2O2. The Balaban J connectivity index is 1.89. The Morgan fingerprint density at radius 1 is 1.29 bits per heavy atom. The lowest BCUT2D eigenvalue weighted by atomic mass is 9.64. The molecule has 1 N–H and O–H groups in total. The van der Waals surface area contributed by atoms with Gasteiger partial charge in [-0.3, -0.25) is 4.79 Å². The largest absolute Gasteiger partial charge is 0.359 e. The monoisotopic (exact) mass is 304 g/mol. The van der Waals surface area contributed by atoms with Crippen LogP contribution in [-0.2, 0) is 10.2 Å². The first-order valence-corrected chi connectivity index (χ1v) is 7.41. The topological polar surface area (TPSA) is 55.1 Å². The molecule has 0 bridgehead atoms. The molecule has 1 saturated carbocycles. The first-order valence-electron chi connectivity index (χ1n) is 7.03. The molecule has 0 aliphatic heterocycles. The summed E-state index contributed by atoms with van der Waals surface area (Å²) in [6, 6.07) is 7.54. The highest BCUT2D eigenvalue weighted by molar-refractivity contribution is 6.30. The molecule has 0 unspecified atom stereocenters. The number of carbonyl (C=O) groups excluding carboxylic acids is 1. The fourth-order valence-corrected chi connectivity index (χ4v) is 2.97. The molecule has 0 radical (unpaired) electrons. The smallest absolute Gasteiger partial charge is 0.235 e. The van der Waals surface area contributed by atoms with Gasteiger partial charge in [-0.25, -0.2) is 0 Å². The second-order valence-corrected chi connectivity index (χ2v) is 6.03. The van der Waals surface area contributed by atoms with Gasteiger partial charge in [0.15, 0.2) is 5.76 Å². The average Bonchev–Trinajstić information content (AvgIpc) is 2.71. The molecule has 3 rings (SSSR count). The van der Waals surface area contributed by atoms with Crippen LogP contribution in [-0.4, -0.2) is 11.1 Å². The molecule has 1 aromatic heterocycles. The lowest BCUT2D eigenvalue weighted by Crippen LogP contribution is -2.46. The fourth-order valence-electron chi connectivity index (χ4n) is 2.84. The van der Waals surface area contributed by atoms with Crippen LogP contribution in [0.4, 0.5) is 5.69 Å². The number of aromatic nitrogens is 1. The second kappa shape index (κ2) is 5.19. The third-order valence-corrected chi connectivity index (χ3v) is 4.56. The predicted molar refractivity (Wildman–Crippen MR) is 81.6 cm³/mol. The van der Waals surface area contributed by atoms with Crippen LogP contribution >= 0.6 is 11.6 Å². The van der Waals surface area contributed by atoms with Crippen LogP contribution in [0.25, 0.3) is 0 Å². The molecule has 1 fully saturated rings. The van der Waals surface area contributed by atoms with Crippen LogP contribution in [0, 0.1) is 13.8 Å². The number of amides is 1. The molecule has 1 heterocycles. The van der Waals surface area contributed by atoms with Crippen LogP contribution in [0.15, 0.2) is 28.8 Å². The predicted octanol–water partition coefficient (Wildman–Crippen LogP) is 4.01. The number of aryl methyl sites for hydroxylation is 2. The minimum absolute atomic E-state index is 0.00507. The van der Waals surface area contributed by atoms with Gasteiger partial charge in [0.05, 0.1) is 5.41 Å². The van der Waals surface area contributed by atoms with Crippen molar-refractivity contribution in [2.75, 3.05) is 5.32 Å². The van der Waals surface area contributed by atoms with Gasteiger partial charge in [0.25, 0.3) is 0 Å². The Morgan fingerprint density at radius 2 is 1.95 bits per heavy atom. The van der Waals surface area contributed by atoms with Gasteiger partial charge >= 0.3 is 0 Å². The summed E-state index contributed by atoms with van der Waals surface area (Å²) < 4.78 is 5.10. The zero-order valence-electron chi connectivity index (χ0n) is 12.1. The van der Waals surface area contributed by atoms with Crippen LogP contribution in [0.3, 0.4) is 0 Å². The summed E-state index contributed by atoms with van der Waals surface area (Å²) in [5, 5.41) is 7.54. The van der Waals surface area contributed by atoms with E-state index in [-0.39, 0.29) is 5.91 Å². The van der Waals surface area contributed by atoms with Gasteiger partial charge in [-0.1, -0.05) is 35.3 Å². The number of carbonyl (C=O) groups is 1. The Labute approximate surface area is 128 Å². The van der Waals surface area contributed by atoms with Crippen molar-refractivity contribution in [2.45, 2.75) is 38.5 Å². The van der Waals surface area contributed by atoms with Gasteiger partial charge in [0.2, 0.25) is 5.91 Å². The first-order chi connectivity index (χ1) is 10.0. The minimum Gasteiger partial charge on any atom is -0.359 e. The van der Waals surface area contributed by atoms with Crippen LogP contribution in [0.5, 0.6) is 0 Å². The molecule has 0 spiro atoms. The highest BCUT2D eigenvalue weighted by Gasteiger charge is 2.45. The maximum atomic E-state index is 12.8. The summed E-state index contributed by atoms with van der Waals surface area (Å²) >= 11 is 5.94. The van der Waals surface area contributed by atoms with Crippen molar-refractivity contribution in [3.63, 3.8) is 0 Å². The molecule has 5 heteroatoms. The lowest BCUT2D eigenvalue weighted by molar-refractivity contribution is -0.124. The zero-order valence-corrected chi connectivity index (χ0v) is 12.8. The number of anilines is 1. The van der Waals surface area contributed by atoms with Gasteiger partial charge in [0.1, 0.15) is 11.4 Å². The van der Waals surface area contributed by atoms with E-state index in [1.54, 1.807) is 6.92 Å². The molecule has 0 saturated heterocycles. The van der Waals surface area contributed by atoms with E-state index in [2.05, 4.69) is 10.5 Å². The maximum Gasteiger partial charge on any atom is 0.235 e. The van der Waals surface area contributed by atoms with E-state index in [1.807, 2.05) is 31.2 Å². The maximum absolute atomic E-state index is 12.8. The first kappa shape index (κ1) is 14.1. The third-order valence-electron chi connectivity index (χ3n) is 4.31. The van der Waals surface area contributed by atoms with Crippen LogP contribution in [0.2, 0.25) is 5.02 Å². The van der Waals surface area contributed by atoms with Crippen molar-refractivity contribution in [3.05, 3.63) is 46.3 Å². The molecule has 1 aliphatic carbocycles. The van der Waals surface area contributed by atoms with Gasteiger partial charge in [-0.05, 0) is 44.4 Å². The summed E-state index contributed by atoms with van der Waals surface area (Å²) in [6.45, 7) is 3.62. The van der Waals surface area contributed by atoms with Crippen molar-refractivity contribution >= 4 is 23.2 Å². The number of benzene rings is 1. The summed E-state index contributed by atoms with van der Waals surface area (Å²) in [4.78, 5) is 12.8. The highest BCUT2D eigenvalue weighted by atomic mass is 35.5. The Morgan fingerprint density at radius 3 is 2.43 bits per heavy atom. The normalized spacial score (nSPS) is 16.3. The summed E-state index contributed by atoms with van der Waals surface area (Å²) in [7, 11) is 0. The van der Waals surface area contributed by atoms with Gasteiger partial charge in [-0.2, -0.15) is 0 Å². The van der Waals surface area contributed by atoms with Crippen LogP contribution < -0.4 is 5.32 Å².